The van der Waals surface area contributed by atoms with Gasteiger partial charge in [-0.1, -0.05) is 31.9 Å². The van der Waals surface area contributed by atoms with Gasteiger partial charge in [0.2, 0.25) is 0 Å². The van der Waals surface area contributed by atoms with Crippen LogP contribution in [0.15, 0.2) is 29.2 Å². The summed E-state index contributed by atoms with van der Waals surface area (Å²) >= 11 is 0. The summed E-state index contributed by atoms with van der Waals surface area (Å²) in [5.74, 6) is 0.455. The van der Waals surface area contributed by atoms with Crippen LogP contribution in [0, 0.1) is 5.92 Å². The first-order valence-corrected chi connectivity index (χ1v) is 9.82. The van der Waals surface area contributed by atoms with E-state index >= 15 is 0 Å². The Morgan fingerprint density at radius 3 is 2.45 bits per heavy atom. The molecule has 1 aromatic rings. The Balaban J connectivity index is 2.05. The third kappa shape index (κ3) is 4.09. The molecule has 0 heterocycles. The molecule has 0 spiro atoms. The maximum atomic E-state index is 11.8. The Morgan fingerprint density at radius 2 is 1.86 bits per heavy atom. The predicted octanol–water partition coefficient (Wildman–Crippen LogP) is 2.68. The molecule has 4 nitrogen and oxygen atoms in total. The highest BCUT2D eigenvalue weighted by atomic mass is 32.2. The minimum absolute atomic E-state index is 0.125. The van der Waals surface area contributed by atoms with Crippen molar-refractivity contribution in [1.82, 2.24) is 5.32 Å². The van der Waals surface area contributed by atoms with E-state index in [0.29, 0.717) is 16.9 Å². The summed E-state index contributed by atoms with van der Waals surface area (Å²) in [6.45, 7) is 3.98. The maximum Gasteiger partial charge on any atom is 0.178 e. The zero-order valence-corrected chi connectivity index (χ0v) is 14.3. The number of hydrogen-bond acceptors (Lipinski definition) is 4. The van der Waals surface area contributed by atoms with Gasteiger partial charge in [-0.3, -0.25) is 0 Å². The molecular weight excluding hydrogens is 298 g/mol. The average Bonchev–Trinajstić information content (AvgIpc) is 2.55. The number of sulfone groups is 1. The van der Waals surface area contributed by atoms with E-state index in [4.69, 9.17) is 0 Å². The fourth-order valence-corrected chi connectivity index (χ4v) is 4.08. The van der Waals surface area contributed by atoms with E-state index in [9.17, 15) is 13.5 Å². The predicted molar refractivity (Wildman–Crippen MR) is 88.6 cm³/mol. The molecule has 0 aliphatic heterocycles. The lowest BCUT2D eigenvalue weighted by atomic mass is 9.84. The highest BCUT2D eigenvalue weighted by molar-refractivity contribution is 7.91. The molecule has 22 heavy (non-hydrogen) atoms. The third-order valence-corrected chi connectivity index (χ3v) is 6.48. The number of aliphatic hydroxyl groups is 1. The van der Waals surface area contributed by atoms with Crippen molar-refractivity contribution in [3.05, 3.63) is 29.8 Å². The molecule has 3 unspecified atom stereocenters. The number of hydrogen-bond donors (Lipinski definition) is 2. The van der Waals surface area contributed by atoms with Crippen LogP contribution in [0.2, 0.25) is 0 Å². The average molecular weight is 325 g/mol. The highest BCUT2D eigenvalue weighted by Gasteiger charge is 2.25. The maximum absolute atomic E-state index is 11.8. The van der Waals surface area contributed by atoms with Crippen molar-refractivity contribution in [2.75, 3.05) is 12.4 Å². The van der Waals surface area contributed by atoms with E-state index in [1.54, 1.807) is 19.1 Å². The van der Waals surface area contributed by atoms with Crippen LogP contribution in [0.25, 0.3) is 0 Å². The fraction of sp³-hybridized carbons (Fsp3) is 0.647. The second-order valence-electron chi connectivity index (χ2n) is 6.19. The molecule has 2 N–H and O–H groups in total. The van der Waals surface area contributed by atoms with Gasteiger partial charge in [-0.25, -0.2) is 8.42 Å². The van der Waals surface area contributed by atoms with E-state index < -0.39 is 9.84 Å². The standard InChI is InChI=1S/C17H27NO3S/c1-3-22(20,21)16-10-8-14(9-11-16)13(2)18-17-7-5-4-6-15(17)12-19/h8-11,13,15,17-19H,3-7,12H2,1-2H3. The minimum atomic E-state index is -3.13. The Bertz CT molecular complexity index is 568. The first kappa shape index (κ1) is 17.4. The smallest absolute Gasteiger partial charge is 0.178 e. The normalized spacial score (nSPS) is 24.1. The molecule has 1 aliphatic rings. The van der Waals surface area contributed by atoms with Crippen LogP contribution in [0.1, 0.15) is 51.1 Å². The molecule has 1 saturated carbocycles. The summed E-state index contributed by atoms with van der Waals surface area (Å²) in [5.41, 5.74) is 1.08. The zero-order valence-electron chi connectivity index (χ0n) is 13.5. The summed E-state index contributed by atoms with van der Waals surface area (Å²) in [6.07, 6.45) is 4.57. The van der Waals surface area contributed by atoms with Gasteiger partial charge in [-0.2, -0.15) is 0 Å². The van der Waals surface area contributed by atoms with Gasteiger partial charge in [-0.15, -0.1) is 0 Å². The van der Waals surface area contributed by atoms with E-state index in [0.717, 1.165) is 18.4 Å². The highest BCUT2D eigenvalue weighted by Crippen LogP contribution is 2.26. The van der Waals surface area contributed by atoms with E-state index in [-0.39, 0.29) is 18.4 Å². The molecule has 0 amide bonds. The molecule has 0 aromatic heterocycles. The fourth-order valence-electron chi connectivity index (χ4n) is 3.19. The van der Waals surface area contributed by atoms with Crippen LogP contribution >= 0.6 is 0 Å². The molecule has 3 atom stereocenters. The second-order valence-corrected chi connectivity index (χ2v) is 8.47. The summed E-state index contributed by atoms with van der Waals surface area (Å²) in [5, 5.41) is 13.1. The van der Waals surface area contributed by atoms with Crippen molar-refractivity contribution >= 4 is 9.84 Å². The summed E-state index contributed by atoms with van der Waals surface area (Å²) in [4.78, 5) is 0.386. The molecule has 1 aliphatic carbocycles. The Morgan fingerprint density at radius 1 is 1.23 bits per heavy atom. The summed E-state index contributed by atoms with van der Waals surface area (Å²) < 4.78 is 23.7. The number of rotatable bonds is 6. The van der Waals surface area contributed by atoms with Crippen molar-refractivity contribution in [2.45, 2.75) is 56.5 Å². The van der Waals surface area contributed by atoms with Gasteiger partial charge in [0, 0.05) is 18.7 Å². The van der Waals surface area contributed by atoms with Crippen LogP contribution in [0.5, 0.6) is 0 Å². The molecule has 2 rings (SSSR count). The zero-order chi connectivity index (χ0) is 16.2. The van der Waals surface area contributed by atoms with Crippen molar-refractivity contribution < 1.29 is 13.5 Å². The Labute approximate surface area is 133 Å². The third-order valence-electron chi connectivity index (χ3n) is 4.73. The van der Waals surface area contributed by atoms with Crippen LogP contribution in [-0.2, 0) is 9.84 Å². The Kier molecular flexibility index (Phi) is 6.01. The van der Waals surface area contributed by atoms with Gasteiger partial charge in [0.1, 0.15) is 0 Å². The van der Waals surface area contributed by atoms with Crippen molar-refractivity contribution in [2.24, 2.45) is 5.92 Å². The quantitative estimate of drug-likeness (QED) is 0.844. The van der Waals surface area contributed by atoms with Crippen LogP contribution in [-0.4, -0.2) is 31.9 Å². The molecule has 1 fully saturated rings. The summed E-state index contributed by atoms with van der Waals surface area (Å²) in [6, 6.07) is 7.64. The van der Waals surface area contributed by atoms with Crippen LogP contribution < -0.4 is 5.32 Å². The lowest BCUT2D eigenvalue weighted by Gasteiger charge is -2.33. The number of aliphatic hydroxyl groups excluding tert-OH is 1. The van der Waals surface area contributed by atoms with E-state index in [1.165, 1.54) is 12.8 Å². The minimum Gasteiger partial charge on any atom is -0.396 e. The first-order chi connectivity index (χ1) is 10.5. The van der Waals surface area contributed by atoms with Gasteiger partial charge in [0.25, 0.3) is 0 Å². The van der Waals surface area contributed by atoms with E-state index in [2.05, 4.69) is 12.2 Å². The molecule has 0 saturated heterocycles. The number of benzene rings is 1. The monoisotopic (exact) mass is 325 g/mol. The topological polar surface area (TPSA) is 66.4 Å². The molecule has 5 heteroatoms. The molecule has 124 valence electrons. The van der Waals surface area contributed by atoms with Crippen LogP contribution in [0.4, 0.5) is 0 Å². The lowest BCUT2D eigenvalue weighted by molar-refractivity contribution is 0.147. The summed E-state index contributed by atoms with van der Waals surface area (Å²) in [7, 11) is -3.13. The van der Waals surface area contributed by atoms with E-state index in [1.807, 2.05) is 12.1 Å². The van der Waals surface area contributed by atoms with Gasteiger partial charge < -0.3 is 10.4 Å². The molecular formula is C17H27NO3S. The first-order valence-electron chi connectivity index (χ1n) is 8.17. The van der Waals surface area contributed by atoms with Gasteiger partial charge >= 0.3 is 0 Å². The SMILES string of the molecule is CCS(=O)(=O)c1ccc(C(C)NC2CCCCC2CO)cc1. The molecule has 0 bridgehead atoms. The number of nitrogens with one attached hydrogen (secondary N) is 1. The van der Waals surface area contributed by atoms with Crippen molar-refractivity contribution in [1.29, 1.82) is 0 Å². The van der Waals surface area contributed by atoms with Crippen molar-refractivity contribution in [3.8, 4) is 0 Å². The van der Waals surface area contributed by atoms with Gasteiger partial charge in [0.15, 0.2) is 9.84 Å². The van der Waals surface area contributed by atoms with Crippen LogP contribution in [0.3, 0.4) is 0 Å². The second kappa shape index (κ2) is 7.57. The molecule has 1 aromatic carbocycles. The Hall–Kier alpha value is -0.910. The molecule has 0 radical (unpaired) electrons. The van der Waals surface area contributed by atoms with Crippen molar-refractivity contribution in [3.63, 3.8) is 0 Å². The van der Waals surface area contributed by atoms with Gasteiger partial charge in [-0.05, 0) is 43.4 Å². The van der Waals surface area contributed by atoms with Gasteiger partial charge in [0.05, 0.1) is 10.6 Å². The largest absolute Gasteiger partial charge is 0.396 e. The lowest BCUT2D eigenvalue weighted by Crippen LogP contribution is -2.41.